The molecule has 4 bridgehead atoms. The molecule has 2 aromatic rings. The van der Waals surface area contributed by atoms with Crippen LogP contribution in [0, 0.1) is 23.2 Å². The van der Waals surface area contributed by atoms with Gasteiger partial charge >= 0.3 is 0 Å². The first kappa shape index (κ1) is 17.4. The number of benzene rings is 1. The number of carbonyl (C=O) groups is 1. The van der Waals surface area contributed by atoms with Crippen LogP contribution in [-0.4, -0.2) is 28.4 Å². The molecular weight excluding hydrogens is 366 g/mol. The Bertz CT molecular complexity index is 902. The lowest BCUT2D eigenvalue weighted by atomic mass is 9.49. The number of amides is 1. The smallest absolute Gasteiger partial charge is 0.230 e. The largest absolute Gasteiger partial charge is 0.486 e. The number of carbonyl (C=O) groups excluding carboxylic acids is 1. The molecule has 152 valence electrons. The Morgan fingerprint density at radius 3 is 2.52 bits per heavy atom. The van der Waals surface area contributed by atoms with Crippen LogP contribution in [0.4, 0.5) is 5.69 Å². The van der Waals surface area contributed by atoms with E-state index >= 15 is 0 Å². The topological polar surface area (TPSA) is 65.4 Å². The fraction of sp³-hybridized carbons (Fsp3) is 0.565. The number of aromatic nitrogens is 2. The third kappa shape index (κ3) is 3.09. The summed E-state index contributed by atoms with van der Waals surface area (Å²) in [6.07, 6.45) is 10.8. The molecular formula is C23H27N3O3. The maximum atomic E-state index is 13.2. The maximum Gasteiger partial charge on any atom is 0.230 e. The van der Waals surface area contributed by atoms with Gasteiger partial charge in [0.15, 0.2) is 17.6 Å². The molecule has 0 radical (unpaired) electrons. The molecule has 4 fully saturated rings. The van der Waals surface area contributed by atoms with Crippen LogP contribution < -0.4 is 14.8 Å². The van der Waals surface area contributed by atoms with Gasteiger partial charge in [0.1, 0.15) is 6.61 Å². The third-order valence-corrected chi connectivity index (χ3v) is 7.37. The molecule has 29 heavy (non-hydrogen) atoms. The average molecular weight is 393 g/mol. The molecule has 1 atom stereocenters. The summed E-state index contributed by atoms with van der Waals surface area (Å²) in [5, 5.41) is 7.61. The predicted molar refractivity (Wildman–Crippen MR) is 108 cm³/mol. The van der Waals surface area contributed by atoms with Gasteiger partial charge in [-0.2, -0.15) is 5.10 Å². The number of anilines is 1. The van der Waals surface area contributed by atoms with Crippen LogP contribution >= 0.6 is 0 Å². The van der Waals surface area contributed by atoms with Gasteiger partial charge in [-0.25, -0.2) is 0 Å². The van der Waals surface area contributed by atoms with E-state index in [1.165, 1.54) is 19.3 Å². The van der Waals surface area contributed by atoms with Crippen molar-refractivity contribution in [3.63, 3.8) is 0 Å². The van der Waals surface area contributed by atoms with Crippen LogP contribution in [0.2, 0.25) is 0 Å². The summed E-state index contributed by atoms with van der Waals surface area (Å²) in [4.78, 5) is 13.2. The van der Waals surface area contributed by atoms with Gasteiger partial charge < -0.3 is 14.8 Å². The lowest BCUT2D eigenvalue weighted by Crippen LogP contribution is -2.51. The van der Waals surface area contributed by atoms with Gasteiger partial charge in [-0.15, -0.1) is 0 Å². The Hall–Kier alpha value is -2.50. The number of para-hydroxylation sites is 2. The number of nitrogens with one attached hydrogen (secondary N) is 1. The Kier molecular flexibility index (Phi) is 3.90. The first-order valence-corrected chi connectivity index (χ1v) is 10.9. The number of hydrogen-bond acceptors (Lipinski definition) is 4. The molecule has 4 saturated carbocycles. The zero-order valence-electron chi connectivity index (χ0n) is 16.5. The van der Waals surface area contributed by atoms with Gasteiger partial charge in [0.05, 0.1) is 23.8 Å². The zero-order valence-corrected chi connectivity index (χ0v) is 16.5. The molecule has 1 aliphatic heterocycles. The van der Waals surface area contributed by atoms with Crippen molar-refractivity contribution in [1.29, 1.82) is 0 Å². The predicted octanol–water partition coefficient (Wildman–Crippen LogP) is 3.88. The maximum absolute atomic E-state index is 13.2. The normalized spacial score (nSPS) is 34.2. The van der Waals surface area contributed by atoms with Crippen molar-refractivity contribution in [2.45, 2.75) is 51.2 Å². The average Bonchev–Trinajstić information content (AvgIpc) is 3.13. The van der Waals surface area contributed by atoms with Crippen LogP contribution in [0.1, 0.15) is 38.5 Å². The molecule has 1 N–H and O–H groups in total. The molecule has 1 aromatic carbocycles. The van der Waals surface area contributed by atoms with E-state index in [2.05, 4.69) is 10.4 Å². The van der Waals surface area contributed by atoms with E-state index in [4.69, 9.17) is 9.47 Å². The number of hydrogen-bond donors (Lipinski definition) is 1. The Morgan fingerprint density at radius 2 is 1.79 bits per heavy atom. The fourth-order valence-electron chi connectivity index (χ4n) is 6.54. The minimum absolute atomic E-state index is 0.100. The van der Waals surface area contributed by atoms with E-state index in [-0.39, 0.29) is 17.4 Å². The second-order valence-corrected chi connectivity index (χ2v) is 9.60. The van der Waals surface area contributed by atoms with Crippen molar-refractivity contribution in [2.24, 2.45) is 23.2 Å². The molecule has 1 aromatic heterocycles. The van der Waals surface area contributed by atoms with Crippen molar-refractivity contribution in [3.05, 3.63) is 36.7 Å². The number of ether oxygens (including phenoxy) is 2. The van der Waals surface area contributed by atoms with Crippen LogP contribution in [-0.2, 0) is 11.3 Å². The van der Waals surface area contributed by atoms with Crippen molar-refractivity contribution in [3.8, 4) is 11.5 Å². The van der Waals surface area contributed by atoms with E-state index in [1.807, 2.05) is 35.1 Å². The highest BCUT2D eigenvalue weighted by Gasteiger charge is 2.54. The second-order valence-electron chi connectivity index (χ2n) is 9.60. The summed E-state index contributed by atoms with van der Waals surface area (Å²) < 4.78 is 13.6. The molecule has 6 heteroatoms. The van der Waals surface area contributed by atoms with Crippen molar-refractivity contribution < 1.29 is 14.3 Å². The Morgan fingerprint density at radius 1 is 1.10 bits per heavy atom. The monoisotopic (exact) mass is 393 g/mol. The first-order chi connectivity index (χ1) is 14.1. The lowest BCUT2D eigenvalue weighted by Gasteiger charge is -2.55. The number of rotatable bonds is 4. The van der Waals surface area contributed by atoms with E-state index in [1.54, 1.807) is 6.20 Å². The van der Waals surface area contributed by atoms with Gasteiger partial charge in [0.2, 0.25) is 5.91 Å². The highest BCUT2D eigenvalue weighted by molar-refractivity contribution is 5.95. The van der Waals surface area contributed by atoms with E-state index in [0.717, 1.165) is 54.2 Å². The van der Waals surface area contributed by atoms with Crippen LogP contribution in [0.15, 0.2) is 36.7 Å². The van der Waals surface area contributed by atoms with E-state index < -0.39 is 0 Å². The summed E-state index contributed by atoms with van der Waals surface area (Å²) >= 11 is 0. The molecule has 0 saturated heterocycles. The van der Waals surface area contributed by atoms with Crippen LogP contribution in [0.3, 0.4) is 0 Å². The van der Waals surface area contributed by atoms with Crippen molar-refractivity contribution >= 4 is 11.6 Å². The first-order valence-electron chi connectivity index (χ1n) is 10.9. The molecule has 7 rings (SSSR count). The van der Waals surface area contributed by atoms with Crippen molar-refractivity contribution in [1.82, 2.24) is 9.78 Å². The van der Waals surface area contributed by atoms with Gasteiger partial charge in [-0.05, 0) is 68.4 Å². The number of fused-ring (bicyclic) bond motifs is 1. The zero-order chi connectivity index (χ0) is 19.4. The lowest BCUT2D eigenvalue weighted by molar-refractivity contribution is -0.140. The van der Waals surface area contributed by atoms with E-state index in [9.17, 15) is 4.79 Å². The van der Waals surface area contributed by atoms with Crippen LogP contribution in [0.25, 0.3) is 0 Å². The highest BCUT2D eigenvalue weighted by Crippen LogP contribution is 2.60. The third-order valence-electron chi connectivity index (χ3n) is 7.37. The molecule has 5 aliphatic rings. The summed E-state index contributed by atoms with van der Waals surface area (Å²) in [6, 6.07) is 7.71. The fourth-order valence-corrected chi connectivity index (χ4v) is 6.54. The van der Waals surface area contributed by atoms with Crippen molar-refractivity contribution in [2.75, 3.05) is 11.9 Å². The SMILES string of the molecule is O=C(Nc1cnn(CC2COc3ccccc3O2)c1)C12CC3CC(CC(C3)C1)C2. The standard InChI is InChI=1S/C23H27N3O3/c27-22(23-8-15-5-16(9-23)7-17(6-15)10-23)25-18-11-24-26(12-18)13-19-14-28-20-3-1-2-4-21(20)29-19/h1-4,11-12,15-17,19H,5-10,13-14H2,(H,25,27). The minimum Gasteiger partial charge on any atom is -0.486 e. The summed E-state index contributed by atoms with van der Waals surface area (Å²) in [5.41, 5.74) is 0.642. The molecule has 4 aliphatic carbocycles. The molecule has 0 spiro atoms. The molecule has 1 amide bonds. The second kappa shape index (κ2) is 6.51. The van der Waals surface area contributed by atoms with Gasteiger partial charge in [-0.3, -0.25) is 9.48 Å². The summed E-state index contributed by atoms with van der Waals surface area (Å²) in [7, 11) is 0. The molecule has 1 unspecified atom stereocenters. The molecule has 2 heterocycles. The Labute approximate surface area is 170 Å². The van der Waals surface area contributed by atoms with Gasteiger partial charge in [-0.1, -0.05) is 12.1 Å². The molecule has 6 nitrogen and oxygen atoms in total. The van der Waals surface area contributed by atoms with E-state index in [0.29, 0.717) is 13.2 Å². The highest BCUT2D eigenvalue weighted by atomic mass is 16.6. The van der Waals surface area contributed by atoms with Crippen LogP contribution in [0.5, 0.6) is 11.5 Å². The summed E-state index contributed by atoms with van der Waals surface area (Å²) in [6.45, 7) is 1.08. The summed E-state index contributed by atoms with van der Waals surface area (Å²) in [5.74, 6) is 4.06. The van der Waals surface area contributed by atoms with Gasteiger partial charge in [0, 0.05) is 6.20 Å². The number of nitrogens with zero attached hydrogens (tertiary/aromatic N) is 2. The quantitative estimate of drug-likeness (QED) is 0.856. The minimum atomic E-state index is -0.138. The Balaban J connectivity index is 1.11. The van der Waals surface area contributed by atoms with Gasteiger partial charge in [0.25, 0.3) is 0 Å².